The van der Waals surface area contributed by atoms with Gasteiger partial charge in [-0.25, -0.2) is 19.4 Å². The van der Waals surface area contributed by atoms with E-state index in [4.69, 9.17) is 14.5 Å². The Morgan fingerprint density at radius 1 is 1.44 bits per heavy atom. The number of carbonyl (C=O) groups is 2. The number of nitrogens with one attached hydrogen (secondary N) is 2. The number of hydrogen-bond donors (Lipinski definition) is 2. The minimum Gasteiger partial charge on any atom is -0.462 e. The minimum atomic E-state index is -0.467. The summed E-state index contributed by atoms with van der Waals surface area (Å²) in [6.07, 6.45) is 1.63. The number of piperidine rings is 1. The highest BCUT2D eigenvalue weighted by Gasteiger charge is 2.34. The normalized spacial score (nSPS) is 17.6. The molecule has 0 aliphatic carbocycles. The van der Waals surface area contributed by atoms with Gasteiger partial charge < -0.3 is 24.7 Å². The third-order valence-electron chi connectivity index (χ3n) is 5.90. The SMILES string of the molecule is CCOC(=O)c1sc(N2CC[C@@H](NC(=O)c3[nH]c(C)c(Br)c3C#N)[C@@H](OC)C2)nc1-c1ncnn1C. The van der Waals surface area contributed by atoms with Gasteiger partial charge in [0.05, 0.1) is 28.8 Å². The molecule has 1 amide bonds. The highest BCUT2D eigenvalue weighted by atomic mass is 79.9. The van der Waals surface area contributed by atoms with Crippen molar-refractivity contribution in [2.24, 2.45) is 7.05 Å². The summed E-state index contributed by atoms with van der Waals surface area (Å²) in [5, 5.41) is 17.2. The van der Waals surface area contributed by atoms with Gasteiger partial charge in [0.25, 0.3) is 5.91 Å². The van der Waals surface area contributed by atoms with Crippen molar-refractivity contribution in [2.45, 2.75) is 32.4 Å². The second-order valence-electron chi connectivity index (χ2n) is 8.12. The summed E-state index contributed by atoms with van der Waals surface area (Å²) in [4.78, 5) is 39.9. The predicted octanol–water partition coefficient (Wildman–Crippen LogP) is 2.41. The number of nitrogens with zero attached hydrogens (tertiary/aromatic N) is 6. The largest absolute Gasteiger partial charge is 0.462 e. The van der Waals surface area contributed by atoms with Gasteiger partial charge in [-0.3, -0.25) is 4.79 Å². The molecule has 3 aromatic rings. The van der Waals surface area contributed by atoms with Gasteiger partial charge in [-0.05, 0) is 36.2 Å². The summed E-state index contributed by atoms with van der Waals surface area (Å²) in [5.74, 6) is -0.374. The molecule has 0 radical (unpaired) electrons. The number of aryl methyl sites for hydroxylation is 2. The first kappa shape index (κ1) is 25.8. The van der Waals surface area contributed by atoms with Crippen LogP contribution in [0.3, 0.4) is 0 Å². The van der Waals surface area contributed by atoms with Crippen molar-refractivity contribution in [1.82, 2.24) is 30.0 Å². The zero-order valence-corrected chi connectivity index (χ0v) is 22.6. The van der Waals surface area contributed by atoms with E-state index >= 15 is 0 Å². The molecule has 1 fully saturated rings. The van der Waals surface area contributed by atoms with E-state index in [2.05, 4.69) is 42.4 Å². The number of nitriles is 1. The Bertz CT molecular complexity index is 1330. The number of amides is 1. The Morgan fingerprint density at radius 3 is 2.86 bits per heavy atom. The number of carbonyl (C=O) groups excluding carboxylic acids is 2. The predicted molar refractivity (Wildman–Crippen MR) is 135 cm³/mol. The standard InChI is InChI=1S/C22H25BrN8O4S/c1-5-35-21(33)18-17(19-25-10-26-30(19)3)29-22(36-18)31-7-6-13(14(9-31)34-4)28-20(32)16-12(8-24)15(23)11(2)27-16/h10,13-14,27H,5-7,9H2,1-4H3,(H,28,32)/t13-,14+/m1/s1. The van der Waals surface area contributed by atoms with Crippen molar-refractivity contribution in [1.29, 1.82) is 5.26 Å². The number of thiazole rings is 1. The summed E-state index contributed by atoms with van der Waals surface area (Å²) < 4.78 is 13.1. The summed E-state index contributed by atoms with van der Waals surface area (Å²) in [7, 11) is 3.31. The fourth-order valence-corrected chi connectivity index (χ4v) is 5.43. The van der Waals surface area contributed by atoms with Crippen LogP contribution in [-0.4, -0.2) is 75.6 Å². The number of methoxy groups -OCH3 is 1. The van der Waals surface area contributed by atoms with E-state index < -0.39 is 5.97 Å². The Kier molecular flexibility index (Phi) is 7.72. The molecule has 12 nitrogen and oxygen atoms in total. The van der Waals surface area contributed by atoms with Gasteiger partial charge in [-0.15, -0.1) is 0 Å². The van der Waals surface area contributed by atoms with E-state index in [0.29, 0.717) is 51.2 Å². The van der Waals surface area contributed by atoms with Crippen molar-refractivity contribution < 1.29 is 19.1 Å². The Morgan fingerprint density at radius 2 is 2.22 bits per heavy atom. The van der Waals surface area contributed by atoms with Gasteiger partial charge in [-0.1, -0.05) is 11.3 Å². The van der Waals surface area contributed by atoms with E-state index in [1.807, 2.05) is 4.90 Å². The number of rotatable bonds is 7. The molecule has 4 heterocycles. The third kappa shape index (κ3) is 4.86. The molecular formula is C22H25BrN8O4S. The molecular weight excluding hydrogens is 552 g/mol. The maximum absolute atomic E-state index is 13.0. The molecule has 190 valence electrons. The topological polar surface area (TPSA) is 151 Å². The number of hydrogen-bond acceptors (Lipinski definition) is 10. The van der Waals surface area contributed by atoms with Crippen molar-refractivity contribution in [3.05, 3.63) is 32.6 Å². The molecule has 14 heteroatoms. The number of ether oxygens (including phenoxy) is 2. The van der Waals surface area contributed by atoms with Crippen LogP contribution in [0, 0.1) is 18.3 Å². The second-order valence-corrected chi connectivity index (χ2v) is 9.89. The second kappa shape index (κ2) is 10.8. The van der Waals surface area contributed by atoms with Gasteiger partial charge in [0.15, 0.2) is 11.0 Å². The lowest BCUT2D eigenvalue weighted by atomic mass is 10.0. The van der Waals surface area contributed by atoms with Gasteiger partial charge in [0.2, 0.25) is 0 Å². The van der Waals surface area contributed by atoms with Crippen LogP contribution in [0.15, 0.2) is 10.8 Å². The first-order valence-electron chi connectivity index (χ1n) is 11.2. The van der Waals surface area contributed by atoms with Crippen LogP contribution < -0.4 is 10.2 Å². The van der Waals surface area contributed by atoms with Crippen molar-refractivity contribution in [3.8, 4) is 17.6 Å². The van der Waals surface area contributed by atoms with Crippen molar-refractivity contribution in [2.75, 3.05) is 31.7 Å². The van der Waals surface area contributed by atoms with Crippen LogP contribution >= 0.6 is 27.3 Å². The fraction of sp³-hybridized carbons (Fsp3) is 0.455. The summed E-state index contributed by atoms with van der Waals surface area (Å²) in [5.41, 5.74) is 1.60. The summed E-state index contributed by atoms with van der Waals surface area (Å²) in [6.45, 7) is 4.78. The van der Waals surface area contributed by atoms with E-state index in [1.165, 1.54) is 17.7 Å². The molecule has 0 unspecified atom stereocenters. The molecule has 1 aliphatic rings. The lowest BCUT2D eigenvalue weighted by Crippen LogP contribution is -2.55. The molecule has 3 aromatic heterocycles. The van der Waals surface area contributed by atoms with Crippen LogP contribution in [-0.2, 0) is 16.5 Å². The van der Waals surface area contributed by atoms with E-state index in [9.17, 15) is 14.9 Å². The Hall–Kier alpha value is -3.28. The Labute approximate surface area is 219 Å². The van der Waals surface area contributed by atoms with Crippen LogP contribution in [0.4, 0.5) is 5.13 Å². The van der Waals surface area contributed by atoms with Gasteiger partial charge in [-0.2, -0.15) is 10.4 Å². The molecule has 1 saturated heterocycles. The molecule has 0 bridgehead atoms. The zero-order valence-electron chi connectivity index (χ0n) is 20.2. The molecule has 4 rings (SSSR count). The van der Waals surface area contributed by atoms with Crippen molar-refractivity contribution in [3.63, 3.8) is 0 Å². The lowest BCUT2D eigenvalue weighted by molar-refractivity contribution is 0.0531. The average Bonchev–Trinajstić information content (AvgIpc) is 3.56. The number of anilines is 1. The van der Waals surface area contributed by atoms with Gasteiger partial charge in [0, 0.05) is 32.9 Å². The average molecular weight is 577 g/mol. The van der Waals surface area contributed by atoms with E-state index in [0.717, 1.165) is 0 Å². The van der Waals surface area contributed by atoms with Gasteiger partial charge >= 0.3 is 5.97 Å². The molecule has 36 heavy (non-hydrogen) atoms. The number of halogens is 1. The minimum absolute atomic E-state index is 0.214. The number of aromatic nitrogens is 5. The van der Waals surface area contributed by atoms with Crippen LogP contribution in [0.5, 0.6) is 0 Å². The monoisotopic (exact) mass is 576 g/mol. The molecule has 2 atom stereocenters. The third-order valence-corrected chi connectivity index (χ3v) is 7.99. The number of aromatic amines is 1. The van der Waals surface area contributed by atoms with E-state index in [-0.39, 0.29) is 35.9 Å². The van der Waals surface area contributed by atoms with Crippen LogP contribution in [0.1, 0.15) is 44.8 Å². The Balaban J connectivity index is 1.54. The number of H-pyrrole nitrogens is 1. The molecule has 0 spiro atoms. The quantitative estimate of drug-likeness (QED) is 0.404. The highest BCUT2D eigenvalue weighted by Crippen LogP contribution is 2.34. The molecule has 2 N–H and O–H groups in total. The lowest BCUT2D eigenvalue weighted by Gasteiger charge is -2.37. The smallest absolute Gasteiger partial charge is 0.350 e. The van der Waals surface area contributed by atoms with E-state index in [1.54, 1.807) is 32.7 Å². The fourth-order valence-electron chi connectivity index (χ4n) is 4.05. The molecule has 0 aromatic carbocycles. The first-order valence-corrected chi connectivity index (χ1v) is 12.8. The van der Waals surface area contributed by atoms with Gasteiger partial charge in [0.1, 0.15) is 28.7 Å². The number of esters is 1. The van der Waals surface area contributed by atoms with Crippen LogP contribution in [0.25, 0.3) is 11.5 Å². The molecule has 0 saturated carbocycles. The molecule has 1 aliphatic heterocycles. The summed E-state index contributed by atoms with van der Waals surface area (Å²) in [6, 6.07) is 1.78. The maximum Gasteiger partial charge on any atom is 0.350 e. The maximum atomic E-state index is 13.0. The highest BCUT2D eigenvalue weighted by molar-refractivity contribution is 9.10. The first-order chi connectivity index (χ1) is 17.3. The van der Waals surface area contributed by atoms with Crippen LogP contribution in [0.2, 0.25) is 0 Å². The van der Waals surface area contributed by atoms with Crippen molar-refractivity contribution >= 4 is 44.3 Å². The summed E-state index contributed by atoms with van der Waals surface area (Å²) >= 11 is 4.57. The zero-order chi connectivity index (χ0) is 26.0.